The molecule has 0 radical (unpaired) electrons. The molecule has 2 rings (SSSR count). The van der Waals surface area contributed by atoms with Crippen LogP contribution in [0.25, 0.3) is 0 Å². The molecule has 1 amide bonds. The van der Waals surface area contributed by atoms with Crippen molar-refractivity contribution in [2.45, 2.75) is 31.3 Å². The van der Waals surface area contributed by atoms with E-state index in [0.717, 1.165) is 11.1 Å². The van der Waals surface area contributed by atoms with Crippen molar-refractivity contribution >= 4 is 33.5 Å². The lowest BCUT2D eigenvalue weighted by Gasteiger charge is -2.15. The Hall–Kier alpha value is -2.62. The maximum Gasteiger partial charge on any atom is 0.347 e. The molecule has 0 saturated carbocycles. The highest BCUT2D eigenvalue weighted by molar-refractivity contribution is 7.89. The van der Waals surface area contributed by atoms with Crippen LogP contribution in [0.1, 0.15) is 18.1 Å². The van der Waals surface area contributed by atoms with E-state index in [1.807, 2.05) is 0 Å². The van der Waals surface area contributed by atoms with Crippen LogP contribution < -0.4 is 15.2 Å². The van der Waals surface area contributed by atoms with Gasteiger partial charge in [-0.1, -0.05) is 23.7 Å². The maximum absolute atomic E-state index is 12.0. The molecule has 10 heteroatoms. The Kier molecular flexibility index (Phi) is 8.22. The second-order valence-electron chi connectivity index (χ2n) is 6.57. The van der Waals surface area contributed by atoms with Gasteiger partial charge < -0.3 is 14.8 Å². The van der Waals surface area contributed by atoms with Crippen LogP contribution in [0.3, 0.4) is 0 Å². The molecular formula is C20H23ClN2O6S. The van der Waals surface area contributed by atoms with Gasteiger partial charge in [0.2, 0.25) is 10.0 Å². The summed E-state index contributed by atoms with van der Waals surface area (Å²) in [6, 6.07) is 11.1. The molecular weight excluding hydrogens is 432 g/mol. The Morgan fingerprint density at radius 1 is 1.17 bits per heavy atom. The Bertz CT molecular complexity index is 1010. The molecule has 0 spiro atoms. The van der Waals surface area contributed by atoms with Crippen molar-refractivity contribution in [3.63, 3.8) is 0 Å². The first-order valence-corrected chi connectivity index (χ1v) is 11.0. The maximum atomic E-state index is 12.0. The lowest BCUT2D eigenvalue weighted by Crippen LogP contribution is -2.33. The molecule has 1 unspecified atom stereocenters. The van der Waals surface area contributed by atoms with E-state index in [-0.39, 0.29) is 4.90 Å². The van der Waals surface area contributed by atoms with E-state index in [1.54, 1.807) is 37.3 Å². The Morgan fingerprint density at radius 3 is 2.43 bits per heavy atom. The number of aryl methyl sites for hydroxylation is 1. The molecule has 0 aliphatic carbocycles. The minimum atomic E-state index is -3.73. The van der Waals surface area contributed by atoms with Crippen LogP contribution >= 0.6 is 11.6 Å². The zero-order valence-corrected chi connectivity index (χ0v) is 18.1. The number of nitrogens with two attached hydrogens (primary N) is 1. The topological polar surface area (TPSA) is 125 Å². The van der Waals surface area contributed by atoms with E-state index in [2.05, 4.69) is 5.32 Å². The summed E-state index contributed by atoms with van der Waals surface area (Å²) in [5.74, 6) is -0.626. The molecule has 0 heterocycles. The Morgan fingerprint density at radius 2 is 1.83 bits per heavy atom. The van der Waals surface area contributed by atoms with Gasteiger partial charge in [-0.05, 0) is 61.7 Å². The van der Waals surface area contributed by atoms with Gasteiger partial charge in [0.15, 0.2) is 12.7 Å². The van der Waals surface area contributed by atoms with Crippen molar-refractivity contribution in [2.75, 3.05) is 13.2 Å². The average molecular weight is 455 g/mol. The molecule has 0 aliphatic heterocycles. The van der Waals surface area contributed by atoms with E-state index in [9.17, 15) is 18.0 Å². The first-order chi connectivity index (χ1) is 14.1. The van der Waals surface area contributed by atoms with Crippen LogP contribution in [0.4, 0.5) is 0 Å². The first kappa shape index (κ1) is 23.7. The average Bonchev–Trinajstić information content (AvgIpc) is 2.68. The summed E-state index contributed by atoms with van der Waals surface area (Å²) in [6.45, 7) is 3.19. The standard InChI is InChI=1S/C20H23ClN2O6S/c1-13-11-16(21)5-8-18(13)29-14(2)20(25)28-12-19(24)23-10-9-15-3-6-17(7-4-15)30(22,26)27/h3-8,11,14H,9-10,12H2,1-2H3,(H,23,24)(H2,22,26,27). The van der Waals surface area contributed by atoms with Gasteiger partial charge in [-0.25, -0.2) is 18.4 Å². The second-order valence-corrected chi connectivity index (χ2v) is 8.56. The van der Waals surface area contributed by atoms with E-state index in [0.29, 0.717) is 23.7 Å². The summed E-state index contributed by atoms with van der Waals surface area (Å²) in [5.41, 5.74) is 1.59. The molecule has 0 fully saturated rings. The van der Waals surface area contributed by atoms with Crippen LogP contribution in [0, 0.1) is 6.92 Å². The number of amides is 1. The van der Waals surface area contributed by atoms with Gasteiger partial charge in [-0.15, -0.1) is 0 Å². The molecule has 0 aromatic heterocycles. The molecule has 3 N–H and O–H groups in total. The van der Waals surface area contributed by atoms with Crippen molar-refractivity contribution in [1.29, 1.82) is 0 Å². The predicted molar refractivity (Wildman–Crippen MR) is 112 cm³/mol. The summed E-state index contributed by atoms with van der Waals surface area (Å²) in [5, 5.41) is 8.22. The number of hydrogen-bond acceptors (Lipinski definition) is 6. The highest BCUT2D eigenvalue weighted by atomic mass is 35.5. The summed E-state index contributed by atoms with van der Waals surface area (Å²) < 4.78 is 33.0. The highest BCUT2D eigenvalue weighted by Gasteiger charge is 2.18. The molecule has 30 heavy (non-hydrogen) atoms. The molecule has 2 aromatic rings. The van der Waals surface area contributed by atoms with Gasteiger partial charge in [-0.3, -0.25) is 4.79 Å². The number of carbonyl (C=O) groups is 2. The third-order valence-corrected chi connectivity index (χ3v) is 5.27. The van der Waals surface area contributed by atoms with Crippen molar-refractivity contribution in [3.05, 3.63) is 58.6 Å². The van der Waals surface area contributed by atoms with Gasteiger partial charge in [0.1, 0.15) is 5.75 Å². The fourth-order valence-electron chi connectivity index (χ4n) is 2.48. The number of sulfonamides is 1. The molecule has 0 saturated heterocycles. The van der Waals surface area contributed by atoms with Crippen LogP contribution in [0.5, 0.6) is 5.75 Å². The number of esters is 1. The van der Waals surface area contributed by atoms with E-state index >= 15 is 0 Å². The third kappa shape index (κ3) is 7.33. The molecule has 2 aromatic carbocycles. The number of ether oxygens (including phenoxy) is 2. The van der Waals surface area contributed by atoms with Gasteiger partial charge in [-0.2, -0.15) is 0 Å². The van der Waals surface area contributed by atoms with E-state index in [4.69, 9.17) is 26.2 Å². The van der Waals surface area contributed by atoms with Crippen molar-refractivity contribution < 1.29 is 27.5 Å². The van der Waals surface area contributed by atoms with Crippen molar-refractivity contribution in [2.24, 2.45) is 5.14 Å². The number of halogens is 1. The van der Waals surface area contributed by atoms with Gasteiger partial charge in [0.05, 0.1) is 4.90 Å². The van der Waals surface area contributed by atoms with Crippen molar-refractivity contribution in [3.8, 4) is 5.75 Å². The summed E-state index contributed by atoms with van der Waals surface area (Å²) in [7, 11) is -3.73. The lowest BCUT2D eigenvalue weighted by atomic mass is 10.1. The molecule has 162 valence electrons. The summed E-state index contributed by atoms with van der Waals surface area (Å²) >= 11 is 5.89. The first-order valence-electron chi connectivity index (χ1n) is 9.04. The molecule has 0 aliphatic rings. The van der Waals surface area contributed by atoms with E-state index in [1.165, 1.54) is 19.1 Å². The zero-order valence-electron chi connectivity index (χ0n) is 16.6. The fourth-order valence-corrected chi connectivity index (χ4v) is 3.22. The Labute approximate surface area is 180 Å². The minimum Gasteiger partial charge on any atom is -0.479 e. The molecule has 0 bridgehead atoms. The van der Waals surface area contributed by atoms with Crippen molar-refractivity contribution in [1.82, 2.24) is 5.32 Å². The fraction of sp³-hybridized carbons (Fsp3) is 0.300. The van der Waals surface area contributed by atoms with Crippen LogP contribution in [-0.2, 0) is 30.8 Å². The number of benzene rings is 2. The normalized spacial score (nSPS) is 12.1. The number of hydrogen-bond donors (Lipinski definition) is 2. The number of primary sulfonamides is 1. The number of nitrogens with one attached hydrogen (secondary N) is 1. The van der Waals surface area contributed by atoms with Crippen LogP contribution in [0.15, 0.2) is 47.4 Å². The summed E-state index contributed by atoms with van der Waals surface area (Å²) in [6.07, 6.45) is -0.421. The van der Waals surface area contributed by atoms with Gasteiger partial charge in [0, 0.05) is 11.6 Å². The van der Waals surface area contributed by atoms with Gasteiger partial charge in [0.25, 0.3) is 5.91 Å². The number of rotatable bonds is 9. The summed E-state index contributed by atoms with van der Waals surface area (Å²) in [4.78, 5) is 23.9. The van der Waals surface area contributed by atoms with Crippen LogP contribution in [-0.4, -0.2) is 39.5 Å². The molecule has 1 atom stereocenters. The minimum absolute atomic E-state index is 0.0207. The number of carbonyl (C=O) groups excluding carboxylic acids is 2. The molecule has 8 nitrogen and oxygen atoms in total. The van der Waals surface area contributed by atoms with Crippen LogP contribution in [0.2, 0.25) is 5.02 Å². The second kappa shape index (κ2) is 10.4. The predicted octanol–water partition coefficient (Wildman–Crippen LogP) is 1.97. The highest BCUT2D eigenvalue weighted by Crippen LogP contribution is 2.23. The lowest BCUT2D eigenvalue weighted by molar-refractivity contribution is -0.154. The SMILES string of the molecule is Cc1cc(Cl)ccc1OC(C)C(=O)OCC(=O)NCCc1ccc(S(N)(=O)=O)cc1. The third-order valence-electron chi connectivity index (χ3n) is 4.11. The monoisotopic (exact) mass is 454 g/mol. The zero-order chi connectivity index (χ0) is 22.3. The smallest absolute Gasteiger partial charge is 0.347 e. The van der Waals surface area contributed by atoms with E-state index < -0.39 is 34.6 Å². The van der Waals surface area contributed by atoms with Gasteiger partial charge >= 0.3 is 5.97 Å². The quantitative estimate of drug-likeness (QED) is 0.558. The Balaban J connectivity index is 1.72. The largest absolute Gasteiger partial charge is 0.479 e.